The molecule has 2 saturated heterocycles. The second kappa shape index (κ2) is 7.41. The van der Waals surface area contributed by atoms with Gasteiger partial charge in [0.25, 0.3) is 5.09 Å². The van der Waals surface area contributed by atoms with Crippen molar-refractivity contribution in [3.8, 4) is 0 Å². The molecule has 4 atom stereocenters. The van der Waals surface area contributed by atoms with E-state index in [4.69, 9.17) is 14.2 Å². The first-order valence-corrected chi connectivity index (χ1v) is 8.52. The molecule has 0 bridgehead atoms. The molecule has 26 heavy (non-hydrogen) atoms. The van der Waals surface area contributed by atoms with Crippen molar-refractivity contribution in [2.75, 3.05) is 13.2 Å². The minimum absolute atomic E-state index is 0.123. The third kappa shape index (κ3) is 3.41. The fraction of sp³-hybridized carbons (Fsp3) is 0.368. The van der Waals surface area contributed by atoms with Gasteiger partial charge in [-0.15, -0.1) is 10.1 Å². The molecule has 0 aliphatic carbocycles. The van der Waals surface area contributed by atoms with Crippen LogP contribution in [0.15, 0.2) is 60.7 Å². The first kappa shape index (κ1) is 17.0. The van der Waals surface area contributed by atoms with E-state index in [-0.39, 0.29) is 24.9 Å². The summed E-state index contributed by atoms with van der Waals surface area (Å²) >= 11 is 0. The molecule has 0 amide bonds. The van der Waals surface area contributed by atoms with Crippen LogP contribution in [0.25, 0.3) is 0 Å². The Morgan fingerprint density at radius 2 is 1.38 bits per heavy atom. The fourth-order valence-corrected chi connectivity index (χ4v) is 3.53. The summed E-state index contributed by atoms with van der Waals surface area (Å²) in [6.45, 7) is 0.431. The molecule has 0 aromatic heterocycles. The van der Waals surface area contributed by atoms with Gasteiger partial charge in [0.1, 0.15) is 24.4 Å². The first-order valence-electron chi connectivity index (χ1n) is 8.52. The average Bonchev–Trinajstić information content (AvgIpc) is 3.24. The normalized spacial score (nSPS) is 27.4. The van der Waals surface area contributed by atoms with Crippen molar-refractivity contribution >= 4 is 0 Å². The smallest absolute Gasteiger partial charge is 0.294 e. The molecule has 0 unspecified atom stereocenters. The topological polar surface area (TPSA) is 80.1 Å². The van der Waals surface area contributed by atoms with Crippen LogP contribution in [0, 0.1) is 10.1 Å². The molecular formula is C19H19NO6. The lowest BCUT2D eigenvalue weighted by Gasteiger charge is -2.25. The molecule has 2 aromatic carbocycles. The Morgan fingerprint density at radius 1 is 0.885 bits per heavy atom. The van der Waals surface area contributed by atoms with Crippen molar-refractivity contribution < 1.29 is 24.1 Å². The van der Waals surface area contributed by atoms with Crippen LogP contribution in [0.4, 0.5) is 0 Å². The zero-order valence-electron chi connectivity index (χ0n) is 14.0. The number of rotatable bonds is 6. The van der Waals surface area contributed by atoms with E-state index in [9.17, 15) is 10.1 Å². The third-order valence-electron chi connectivity index (χ3n) is 4.70. The van der Waals surface area contributed by atoms with Gasteiger partial charge >= 0.3 is 0 Å². The van der Waals surface area contributed by atoms with Gasteiger partial charge in [-0.05, 0) is 11.1 Å². The predicted molar refractivity (Wildman–Crippen MR) is 90.9 cm³/mol. The number of nitrogens with zero attached hydrogens (tertiary/aromatic N) is 1. The van der Waals surface area contributed by atoms with Crippen LogP contribution in [-0.2, 0) is 19.0 Å². The van der Waals surface area contributed by atoms with Crippen LogP contribution in [-0.4, -0.2) is 42.7 Å². The number of hydrogen-bond acceptors (Lipinski definition) is 6. The highest BCUT2D eigenvalue weighted by atomic mass is 17.0. The van der Waals surface area contributed by atoms with Crippen LogP contribution in [0.1, 0.15) is 17.2 Å². The Hall–Kier alpha value is -2.48. The number of benzene rings is 2. The lowest BCUT2D eigenvalue weighted by molar-refractivity contribution is -0.769. The van der Waals surface area contributed by atoms with Crippen molar-refractivity contribution in [2.45, 2.75) is 30.5 Å². The molecule has 2 aliphatic heterocycles. The Kier molecular flexibility index (Phi) is 4.83. The maximum Gasteiger partial charge on any atom is 0.294 e. The van der Waals surface area contributed by atoms with Gasteiger partial charge in [0.15, 0.2) is 6.10 Å². The summed E-state index contributed by atoms with van der Waals surface area (Å²) in [5.41, 5.74) is 2.05. The summed E-state index contributed by atoms with van der Waals surface area (Å²) in [7, 11) is 0. The Labute approximate surface area is 150 Å². The van der Waals surface area contributed by atoms with E-state index in [0.29, 0.717) is 6.61 Å². The maximum atomic E-state index is 10.6. The lowest BCUT2D eigenvalue weighted by atomic mass is 10.0. The van der Waals surface area contributed by atoms with Crippen molar-refractivity contribution in [3.63, 3.8) is 0 Å². The van der Waals surface area contributed by atoms with Gasteiger partial charge < -0.3 is 19.0 Å². The van der Waals surface area contributed by atoms with Gasteiger partial charge in [-0.2, -0.15) is 0 Å². The minimum Gasteiger partial charge on any atom is -0.370 e. The first-order chi connectivity index (χ1) is 12.7. The largest absolute Gasteiger partial charge is 0.370 e. The fourth-order valence-electron chi connectivity index (χ4n) is 3.53. The van der Waals surface area contributed by atoms with Crippen LogP contribution in [0.3, 0.4) is 0 Å². The molecule has 4 rings (SSSR count). The molecule has 2 aromatic rings. The zero-order valence-corrected chi connectivity index (χ0v) is 14.0. The summed E-state index contributed by atoms with van der Waals surface area (Å²) in [6.07, 6.45) is -2.18. The van der Waals surface area contributed by atoms with Gasteiger partial charge in [-0.3, -0.25) is 0 Å². The van der Waals surface area contributed by atoms with Crippen molar-refractivity contribution in [1.29, 1.82) is 0 Å². The molecule has 0 radical (unpaired) electrons. The van der Waals surface area contributed by atoms with Gasteiger partial charge in [0.05, 0.1) is 13.2 Å². The quantitative estimate of drug-likeness (QED) is 0.584. The molecule has 7 nitrogen and oxygen atoms in total. The molecule has 0 N–H and O–H groups in total. The second-order valence-electron chi connectivity index (χ2n) is 6.34. The van der Waals surface area contributed by atoms with Gasteiger partial charge in [0.2, 0.25) is 0 Å². The zero-order chi connectivity index (χ0) is 17.9. The molecule has 136 valence electrons. The number of fused-ring (bicyclic) bond motifs is 1. The Morgan fingerprint density at radius 3 is 1.92 bits per heavy atom. The van der Waals surface area contributed by atoms with E-state index in [2.05, 4.69) is 4.84 Å². The van der Waals surface area contributed by atoms with E-state index < -0.39 is 17.3 Å². The van der Waals surface area contributed by atoms with Crippen molar-refractivity contribution in [2.24, 2.45) is 0 Å². The highest BCUT2D eigenvalue weighted by Crippen LogP contribution is 2.35. The molecule has 0 spiro atoms. The van der Waals surface area contributed by atoms with Crippen LogP contribution in [0.5, 0.6) is 0 Å². The van der Waals surface area contributed by atoms with Gasteiger partial charge in [-0.25, -0.2) is 0 Å². The third-order valence-corrected chi connectivity index (χ3v) is 4.70. The second-order valence-corrected chi connectivity index (χ2v) is 6.34. The van der Waals surface area contributed by atoms with Crippen LogP contribution >= 0.6 is 0 Å². The molecular weight excluding hydrogens is 338 g/mol. The Balaban J connectivity index is 1.53. The van der Waals surface area contributed by atoms with E-state index in [1.54, 1.807) is 0 Å². The van der Waals surface area contributed by atoms with Crippen LogP contribution < -0.4 is 0 Å². The highest BCUT2D eigenvalue weighted by molar-refractivity contribution is 5.30. The maximum absolute atomic E-state index is 10.6. The molecule has 2 aliphatic rings. The molecule has 2 heterocycles. The standard InChI is InChI=1S/C19H19NO6/c21-20(22)26-16-12-24-18-15(11-23-19(16)18)25-17(13-7-3-1-4-8-13)14-9-5-2-6-10-14/h1-10,15-19H,11-12H2/t15-,16+,18+,19+/m0/s1. The average molecular weight is 357 g/mol. The van der Waals surface area contributed by atoms with Gasteiger partial charge in [-0.1, -0.05) is 60.7 Å². The summed E-state index contributed by atoms with van der Waals surface area (Å²) in [5, 5.41) is 9.81. The van der Waals surface area contributed by atoms with E-state index in [1.165, 1.54) is 0 Å². The predicted octanol–water partition coefficient (Wildman–Crippen LogP) is 2.54. The minimum atomic E-state index is -0.801. The highest BCUT2D eigenvalue weighted by Gasteiger charge is 2.50. The summed E-state index contributed by atoms with van der Waals surface area (Å²) in [5.74, 6) is 0. The molecule has 7 heteroatoms. The molecule has 2 fully saturated rings. The summed E-state index contributed by atoms with van der Waals surface area (Å²) in [4.78, 5) is 15.3. The van der Waals surface area contributed by atoms with Crippen molar-refractivity contribution in [1.82, 2.24) is 0 Å². The molecule has 0 saturated carbocycles. The number of ether oxygens (including phenoxy) is 3. The lowest BCUT2D eigenvalue weighted by Crippen LogP contribution is -2.35. The Bertz CT molecular complexity index is 701. The summed E-state index contributed by atoms with van der Waals surface area (Å²) < 4.78 is 17.8. The van der Waals surface area contributed by atoms with E-state index in [0.717, 1.165) is 11.1 Å². The van der Waals surface area contributed by atoms with E-state index >= 15 is 0 Å². The van der Waals surface area contributed by atoms with Gasteiger partial charge in [0, 0.05) is 0 Å². The number of hydrogen-bond donors (Lipinski definition) is 0. The van der Waals surface area contributed by atoms with E-state index in [1.807, 2.05) is 60.7 Å². The van der Waals surface area contributed by atoms with Crippen LogP contribution in [0.2, 0.25) is 0 Å². The summed E-state index contributed by atoms with van der Waals surface area (Å²) in [6, 6.07) is 19.8. The van der Waals surface area contributed by atoms with Crippen molar-refractivity contribution in [3.05, 3.63) is 81.9 Å². The monoisotopic (exact) mass is 357 g/mol. The SMILES string of the molecule is O=[N+]([O-])O[C@@H]1CO[C@H]2[C@@H]1OC[C@@H]2OC(c1ccccc1)c1ccccc1.